The zero-order chi connectivity index (χ0) is 13.7. The van der Waals surface area contributed by atoms with Gasteiger partial charge in [0.1, 0.15) is 5.75 Å². The van der Waals surface area contributed by atoms with Gasteiger partial charge in [-0.2, -0.15) is 0 Å². The Hall–Kier alpha value is -1.74. The molecule has 0 aliphatic carbocycles. The predicted molar refractivity (Wildman–Crippen MR) is 83.4 cm³/mol. The third kappa shape index (κ3) is 3.61. The molecule has 2 rings (SSSR count). The summed E-state index contributed by atoms with van der Waals surface area (Å²) >= 11 is 3.48. The van der Waals surface area contributed by atoms with Gasteiger partial charge in [-0.1, -0.05) is 46.3 Å². The van der Waals surface area contributed by atoms with E-state index in [9.17, 15) is 5.11 Å². The molecule has 2 aromatic rings. The lowest BCUT2D eigenvalue weighted by Gasteiger charge is -2.20. The highest BCUT2D eigenvalue weighted by Gasteiger charge is 2.11. The Bertz CT molecular complexity index is 568. The first kappa shape index (κ1) is 13.7. The summed E-state index contributed by atoms with van der Waals surface area (Å²) in [5.74, 6) is 0.256. The van der Waals surface area contributed by atoms with Crippen LogP contribution in [0.2, 0.25) is 0 Å². The molecular formula is C16H16BrNO. The molecule has 1 unspecified atom stereocenters. The highest BCUT2D eigenvalue weighted by Crippen LogP contribution is 2.29. The van der Waals surface area contributed by atoms with Crippen LogP contribution in [0.1, 0.15) is 18.0 Å². The average Bonchev–Trinajstić information content (AvgIpc) is 2.40. The number of phenolic OH excluding ortho intramolecular Hbond substituents is 1. The first-order valence-electron chi connectivity index (χ1n) is 6.11. The van der Waals surface area contributed by atoms with Crippen molar-refractivity contribution in [3.05, 3.63) is 71.2 Å². The van der Waals surface area contributed by atoms with Crippen molar-refractivity contribution < 1.29 is 5.11 Å². The highest BCUT2D eigenvalue weighted by atomic mass is 79.9. The molecule has 0 radical (unpaired) electrons. The van der Waals surface area contributed by atoms with Crippen LogP contribution in [-0.2, 0) is 0 Å². The molecule has 3 heteroatoms. The zero-order valence-electron chi connectivity index (χ0n) is 10.5. The maximum Gasteiger partial charge on any atom is 0.138 e. The van der Waals surface area contributed by atoms with E-state index in [1.165, 1.54) is 0 Å². The normalized spacial score (nSPS) is 11.8. The summed E-state index contributed by atoms with van der Waals surface area (Å²) in [6.45, 7) is 3.80. The van der Waals surface area contributed by atoms with Crippen LogP contribution >= 0.6 is 15.9 Å². The summed E-state index contributed by atoms with van der Waals surface area (Å²) in [6, 6.07) is 15.5. The molecule has 98 valence electrons. The fourth-order valence-electron chi connectivity index (χ4n) is 1.95. The van der Waals surface area contributed by atoms with E-state index in [0.717, 1.165) is 22.1 Å². The van der Waals surface area contributed by atoms with Gasteiger partial charge in [-0.25, -0.2) is 0 Å². The molecule has 0 heterocycles. The topological polar surface area (TPSA) is 32.3 Å². The highest BCUT2D eigenvalue weighted by molar-refractivity contribution is 9.10. The quantitative estimate of drug-likeness (QED) is 0.608. The van der Waals surface area contributed by atoms with Crippen molar-refractivity contribution in [3.63, 3.8) is 0 Å². The lowest BCUT2D eigenvalue weighted by atomic mass is 10.0. The second kappa shape index (κ2) is 6.43. The molecular weight excluding hydrogens is 302 g/mol. The fourth-order valence-corrected chi connectivity index (χ4v) is 2.37. The van der Waals surface area contributed by atoms with Crippen molar-refractivity contribution in [3.8, 4) is 5.75 Å². The molecule has 0 fully saturated rings. The summed E-state index contributed by atoms with van der Waals surface area (Å²) in [5, 5.41) is 13.2. The molecule has 2 N–H and O–H groups in total. The predicted octanol–water partition coefficient (Wildman–Crippen LogP) is 4.88. The number of rotatable bonds is 5. The largest absolute Gasteiger partial charge is 0.506 e. The number of nitrogens with one attached hydrogen (secondary N) is 1. The Balaban J connectivity index is 2.26. The zero-order valence-corrected chi connectivity index (χ0v) is 12.1. The van der Waals surface area contributed by atoms with Gasteiger partial charge in [0.15, 0.2) is 0 Å². The second-order valence-corrected chi connectivity index (χ2v) is 5.21. The van der Waals surface area contributed by atoms with Gasteiger partial charge in [-0.05, 0) is 36.2 Å². The van der Waals surface area contributed by atoms with E-state index < -0.39 is 0 Å². The van der Waals surface area contributed by atoms with Crippen LogP contribution in [0, 0.1) is 0 Å². The maximum atomic E-state index is 9.83. The minimum absolute atomic E-state index is 0.0864. The summed E-state index contributed by atoms with van der Waals surface area (Å²) < 4.78 is 1.04. The molecule has 2 nitrogen and oxygen atoms in total. The minimum atomic E-state index is 0.0864. The lowest BCUT2D eigenvalue weighted by molar-refractivity contribution is 0.476. The summed E-state index contributed by atoms with van der Waals surface area (Å²) in [4.78, 5) is 0. The minimum Gasteiger partial charge on any atom is -0.506 e. The van der Waals surface area contributed by atoms with Crippen LogP contribution in [0.25, 0.3) is 0 Å². The molecule has 0 aromatic heterocycles. The van der Waals surface area contributed by atoms with Crippen molar-refractivity contribution in [1.82, 2.24) is 0 Å². The Morgan fingerprint density at radius 3 is 2.68 bits per heavy atom. The smallest absolute Gasteiger partial charge is 0.138 e. The van der Waals surface area contributed by atoms with E-state index >= 15 is 0 Å². The molecule has 1 atom stereocenters. The van der Waals surface area contributed by atoms with Gasteiger partial charge in [0.25, 0.3) is 0 Å². The average molecular weight is 318 g/mol. The van der Waals surface area contributed by atoms with Gasteiger partial charge >= 0.3 is 0 Å². The molecule has 0 aliphatic heterocycles. The third-order valence-corrected chi connectivity index (χ3v) is 3.38. The standard InChI is InChI=1S/C16H16BrNO/c1-2-6-14(12-7-5-8-13(17)11-12)18-15-9-3-4-10-16(15)19/h2-5,7-11,14,18-19H,1,6H2. The molecule has 0 amide bonds. The molecule has 19 heavy (non-hydrogen) atoms. The van der Waals surface area contributed by atoms with Gasteiger partial charge in [0, 0.05) is 4.47 Å². The summed E-state index contributed by atoms with van der Waals surface area (Å²) in [7, 11) is 0. The summed E-state index contributed by atoms with van der Waals surface area (Å²) in [6.07, 6.45) is 2.66. The number of aromatic hydroxyl groups is 1. The van der Waals surface area contributed by atoms with Crippen molar-refractivity contribution in [2.45, 2.75) is 12.5 Å². The molecule has 2 aromatic carbocycles. The van der Waals surface area contributed by atoms with Crippen LogP contribution in [0.3, 0.4) is 0 Å². The van der Waals surface area contributed by atoms with Crippen molar-refractivity contribution in [2.24, 2.45) is 0 Å². The van der Waals surface area contributed by atoms with Crippen LogP contribution in [0.5, 0.6) is 5.75 Å². The van der Waals surface area contributed by atoms with Crippen molar-refractivity contribution in [2.75, 3.05) is 5.32 Å². The Morgan fingerprint density at radius 2 is 2.00 bits per heavy atom. The van der Waals surface area contributed by atoms with E-state index in [2.05, 4.69) is 40.0 Å². The van der Waals surface area contributed by atoms with E-state index in [-0.39, 0.29) is 11.8 Å². The van der Waals surface area contributed by atoms with E-state index in [1.54, 1.807) is 6.07 Å². The molecule has 0 saturated heterocycles. The van der Waals surface area contributed by atoms with Gasteiger partial charge in [-0.3, -0.25) is 0 Å². The summed E-state index contributed by atoms with van der Waals surface area (Å²) in [5.41, 5.74) is 1.88. The van der Waals surface area contributed by atoms with Gasteiger partial charge in [0.2, 0.25) is 0 Å². The van der Waals surface area contributed by atoms with Crippen LogP contribution in [0.4, 0.5) is 5.69 Å². The van der Waals surface area contributed by atoms with Crippen molar-refractivity contribution in [1.29, 1.82) is 0 Å². The van der Waals surface area contributed by atoms with E-state index in [1.807, 2.05) is 36.4 Å². The Labute approximate surface area is 121 Å². The number of hydrogen-bond acceptors (Lipinski definition) is 2. The van der Waals surface area contributed by atoms with Crippen molar-refractivity contribution >= 4 is 21.6 Å². The number of para-hydroxylation sites is 2. The molecule has 0 bridgehead atoms. The van der Waals surface area contributed by atoms with E-state index in [0.29, 0.717) is 0 Å². The number of hydrogen-bond donors (Lipinski definition) is 2. The molecule has 0 spiro atoms. The fraction of sp³-hybridized carbons (Fsp3) is 0.125. The SMILES string of the molecule is C=CCC(Nc1ccccc1O)c1cccc(Br)c1. The molecule has 0 saturated carbocycles. The Kier molecular flexibility index (Phi) is 4.63. The van der Waals surface area contributed by atoms with E-state index in [4.69, 9.17) is 0 Å². The number of halogens is 1. The Morgan fingerprint density at radius 1 is 1.21 bits per heavy atom. The van der Waals surface area contributed by atoms with Crippen LogP contribution < -0.4 is 5.32 Å². The second-order valence-electron chi connectivity index (χ2n) is 4.29. The van der Waals surface area contributed by atoms with Gasteiger partial charge < -0.3 is 10.4 Å². The number of anilines is 1. The first-order valence-corrected chi connectivity index (χ1v) is 6.91. The van der Waals surface area contributed by atoms with Crippen LogP contribution in [-0.4, -0.2) is 5.11 Å². The van der Waals surface area contributed by atoms with Gasteiger partial charge in [-0.15, -0.1) is 6.58 Å². The monoisotopic (exact) mass is 317 g/mol. The number of phenols is 1. The number of benzene rings is 2. The maximum absolute atomic E-state index is 9.83. The first-order chi connectivity index (χ1) is 9.20. The molecule has 0 aliphatic rings. The lowest BCUT2D eigenvalue weighted by Crippen LogP contribution is -2.10. The van der Waals surface area contributed by atoms with Crippen LogP contribution in [0.15, 0.2) is 65.7 Å². The third-order valence-electron chi connectivity index (χ3n) is 2.89. The van der Waals surface area contributed by atoms with Gasteiger partial charge in [0.05, 0.1) is 11.7 Å².